The van der Waals surface area contributed by atoms with Crippen LogP contribution in [-0.2, 0) is 4.74 Å². The van der Waals surface area contributed by atoms with Crippen LogP contribution in [0, 0.1) is 11.7 Å². The van der Waals surface area contributed by atoms with E-state index in [9.17, 15) is 4.39 Å². The van der Waals surface area contributed by atoms with E-state index in [1.807, 2.05) is 0 Å². The number of halogens is 2. The van der Waals surface area contributed by atoms with Crippen LogP contribution in [0.5, 0.6) is 0 Å². The van der Waals surface area contributed by atoms with Gasteiger partial charge in [-0.05, 0) is 24.4 Å². The van der Waals surface area contributed by atoms with Crippen LogP contribution in [0.25, 0.3) is 0 Å². The number of nitrogens with zero attached hydrogens (tertiary/aromatic N) is 2. The molecule has 17 heavy (non-hydrogen) atoms. The number of hydrogen-bond donors (Lipinski definition) is 1. The lowest BCUT2D eigenvalue weighted by Crippen LogP contribution is -2.23. The molecule has 2 unspecified atom stereocenters. The fourth-order valence-corrected chi connectivity index (χ4v) is 2.21. The van der Waals surface area contributed by atoms with E-state index in [0.717, 1.165) is 25.6 Å². The maximum atomic E-state index is 13.3. The molecule has 1 aliphatic heterocycles. The van der Waals surface area contributed by atoms with Crippen molar-refractivity contribution in [1.82, 2.24) is 9.97 Å². The lowest BCUT2D eigenvalue weighted by Gasteiger charge is -2.17. The molecule has 94 valence electrons. The van der Waals surface area contributed by atoms with Crippen molar-refractivity contribution >= 4 is 17.4 Å². The second-order valence-electron chi connectivity index (χ2n) is 4.08. The lowest BCUT2D eigenvalue weighted by atomic mass is 10.00. The third-order valence-electron chi connectivity index (χ3n) is 3.00. The van der Waals surface area contributed by atoms with Crippen LogP contribution in [0.4, 0.5) is 10.2 Å². The SMILES string of the molecule is CCC1OCCC1CNc1nc(Cl)ncc1F. The Hall–Kier alpha value is -0.940. The minimum absolute atomic E-state index is 0.0450. The fourth-order valence-electron chi connectivity index (χ4n) is 2.07. The first-order valence-electron chi connectivity index (χ1n) is 5.74. The zero-order valence-electron chi connectivity index (χ0n) is 9.62. The highest BCUT2D eigenvalue weighted by Gasteiger charge is 2.26. The van der Waals surface area contributed by atoms with Gasteiger partial charge < -0.3 is 10.1 Å². The molecular weight excluding hydrogens is 245 g/mol. The van der Waals surface area contributed by atoms with Crippen molar-refractivity contribution in [2.45, 2.75) is 25.9 Å². The summed E-state index contributed by atoms with van der Waals surface area (Å²) in [7, 11) is 0. The van der Waals surface area contributed by atoms with Crippen molar-refractivity contribution in [1.29, 1.82) is 0 Å². The summed E-state index contributed by atoms with van der Waals surface area (Å²) < 4.78 is 18.9. The molecule has 1 aliphatic rings. The van der Waals surface area contributed by atoms with Crippen molar-refractivity contribution in [2.75, 3.05) is 18.5 Å². The molecule has 0 aliphatic carbocycles. The fraction of sp³-hybridized carbons (Fsp3) is 0.636. The van der Waals surface area contributed by atoms with Crippen LogP contribution in [0.3, 0.4) is 0 Å². The number of rotatable bonds is 4. The zero-order valence-corrected chi connectivity index (χ0v) is 10.4. The first-order chi connectivity index (χ1) is 8.20. The average Bonchev–Trinajstić information content (AvgIpc) is 2.77. The maximum absolute atomic E-state index is 13.3. The van der Waals surface area contributed by atoms with Crippen LogP contribution in [0.15, 0.2) is 6.20 Å². The molecule has 1 fully saturated rings. The summed E-state index contributed by atoms with van der Waals surface area (Å²) in [4.78, 5) is 7.38. The Kier molecular flexibility index (Phi) is 4.12. The van der Waals surface area contributed by atoms with Crippen molar-refractivity contribution in [3.8, 4) is 0 Å². The third kappa shape index (κ3) is 3.04. The molecule has 2 rings (SSSR count). The van der Waals surface area contributed by atoms with Crippen LogP contribution < -0.4 is 5.32 Å². The van der Waals surface area contributed by atoms with E-state index >= 15 is 0 Å². The molecule has 1 N–H and O–H groups in total. The van der Waals surface area contributed by atoms with Gasteiger partial charge in [-0.15, -0.1) is 0 Å². The normalized spacial score (nSPS) is 23.9. The average molecular weight is 260 g/mol. The van der Waals surface area contributed by atoms with Gasteiger partial charge in [-0.1, -0.05) is 6.92 Å². The molecule has 0 saturated carbocycles. The summed E-state index contributed by atoms with van der Waals surface area (Å²) in [6, 6.07) is 0. The molecule has 0 radical (unpaired) electrons. The summed E-state index contributed by atoms with van der Waals surface area (Å²) in [5, 5.41) is 3.01. The van der Waals surface area contributed by atoms with E-state index in [1.165, 1.54) is 0 Å². The van der Waals surface area contributed by atoms with Crippen LogP contribution in [0.1, 0.15) is 19.8 Å². The number of nitrogens with one attached hydrogen (secondary N) is 1. The molecule has 2 atom stereocenters. The Labute approximate surface area is 105 Å². The smallest absolute Gasteiger partial charge is 0.224 e. The van der Waals surface area contributed by atoms with Crippen LogP contribution in [0.2, 0.25) is 5.28 Å². The number of ether oxygens (including phenoxy) is 1. The zero-order chi connectivity index (χ0) is 12.3. The van der Waals surface area contributed by atoms with E-state index in [-0.39, 0.29) is 17.2 Å². The van der Waals surface area contributed by atoms with Gasteiger partial charge in [0.15, 0.2) is 11.6 Å². The van der Waals surface area contributed by atoms with Gasteiger partial charge in [-0.25, -0.2) is 9.37 Å². The van der Waals surface area contributed by atoms with Gasteiger partial charge in [0.25, 0.3) is 0 Å². The van der Waals surface area contributed by atoms with Crippen molar-refractivity contribution in [3.05, 3.63) is 17.3 Å². The topological polar surface area (TPSA) is 47.0 Å². The molecule has 1 saturated heterocycles. The predicted molar refractivity (Wildman–Crippen MR) is 63.6 cm³/mol. The minimum Gasteiger partial charge on any atom is -0.378 e. The van der Waals surface area contributed by atoms with E-state index in [2.05, 4.69) is 22.2 Å². The first kappa shape index (κ1) is 12.5. The highest BCUT2D eigenvalue weighted by Crippen LogP contribution is 2.24. The highest BCUT2D eigenvalue weighted by molar-refractivity contribution is 6.28. The number of anilines is 1. The van der Waals surface area contributed by atoms with E-state index in [0.29, 0.717) is 12.5 Å². The molecule has 0 amide bonds. The quantitative estimate of drug-likeness (QED) is 0.844. The standard InChI is InChI=1S/C11H15ClFN3O/c1-2-9-7(3-4-17-9)5-14-10-8(13)6-15-11(12)16-10/h6-7,9H,2-5H2,1H3,(H,14,15,16). The molecule has 0 bridgehead atoms. The van der Waals surface area contributed by atoms with Gasteiger partial charge in [0.2, 0.25) is 5.28 Å². The highest BCUT2D eigenvalue weighted by atomic mass is 35.5. The van der Waals surface area contributed by atoms with Gasteiger partial charge >= 0.3 is 0 Å². The first-order valence-corrected chi connectivity index (χ1v) is 6.12. The largest absolute Gasteiger partial charge is 0.378 e. The van der Waals surface area contributed by atoms with E-state index in [4.69, 9.17) is 16.3 Å². The molecule has 0 spiro atoms. The lowest BCUT2D eigenvalue weighted by molar-refractivity contribution is 0.0900. The van der Waals surface area contributed by atoms with Gasteiger partial charge in [-0.3, -0.25) is 0 Å². The van der Waals surface area contributed by atoms with E-state index in [1.54, 1.807) is 0 Å². The Bertz CT molecular complexity index is 391. The van der Waals surface area contributed by atoms with Crippen molar-refractivity contribution in [2.24, 2.45) is 5.92 Å². The third-order valence-corrected chi connectivity index (χ3v) is 3.18. The van der Waals surface area contributed by atoms with Crippen LogP contribution >= 0.6 is 11.6 Å². The molecule has 0 aromatic carbocycles. The molecule has 2 heterocycles. The molecule has 1 aromatic heterocycles. The van der Waals surface area contributed by atoms with Crippen molar-refractivity contribution in [3.63, 3.8) is 0 Å². The van der Waals surface area contributed by atoms with Gasteiger partial charge in [0.1, 0.15) is 0 Å². The molecular formula is C11H15ClFN3O. The minimum atomic E-state index is -0.485. The Morgan fingerprint density at radius 3 is 3.24 bits per heavy atom. The van der Waals surface area contributed by atoms with Crippen LogP contribution in [-0.4, -0.2) is 29.2 Å². The monoisotopic (exact) mass is 259 g/mol. The Morgan fingerprint density at radius 2 is 2.47 bits per heavy atom. The summed E-state index contributed by atoms with van der Waals surface area (Å²) in [5.74, 6) is 0.0706. The maximum Gasteiger partial charge on any atom is 0.224 e. The summed E-state index contributed by atoms with van der Waals surface area (Å²) >= 11 is 5.61. The predicted octanol–water partition coefficient (Wildman–Crippen LogP) is 2.50. The van der Waals surface area contributed by atoms with Gasteiger partial charge in [0.05, 0.1) is 12.3 Å². The summed E-state index contributed by atoms with van der Waals surface area (Å²) in [5.41, 5.74) is 0. The molecule has 4 nitrogen and oxygen atoms in total. The van der Waals surface area contributed by atoms with E-state index < -0.39 is 5.82 Å². The number of aromatic nitrogens is 2. The summed E-state index contributed by atoms with van der Waals surface area (Å²) in [6.45, 7) is 3.51. The second-order valence-corrected chi connectivity index (χ2v) is 4.42. The Morgan fingerprint density at radius 1 is 1.65 bits per heavy atom. The molecule has 6 heteroatoms. The molecule has 1 aromatic rings. The Balaban J connectivity index is 1.95. The second kappa shape index (κ2) is 5.60. The van der Waals surface area contributed by atoms with Gasteiger partial charge in [-0.2, -0.15) is 4.98 Å². The van der Waals surface area contributed by atoms with Crippen molar-refractivity contribution < 1.29 is 9.13 Å². The number of hydrogen-bond acceptors (Lipinski definition) is 4. The van der Waals surface area contributed by atoms with Gasteiger partial charge in [0, 0.05) is 19.1 Å². The summed E-state index contributed by atoms with van der Waals surface area (Å²) in [6.07, 6.45) is 3.29.